The topological polar surface area (TPSA) is 54.5 Å². The quantitative estimate of drug-likeness (QED) is 0.792. The Labute approximate surface area is 116 Å². The molecule has 1 heterocycles. The Morgan fingerprint density at radius 1 is 1.30 bits per heavy atom. The molecule has 1 saturated heterocycles. The standard InChI is InChI=1S/C12H18F3NO3S/c1-8(9-2-3-9)16(7-12(13,14)15)11(17)10-4-5-20(18,19)6-10/h8-10H,2-7H2,1H3. The van der Waals surface area contributed by atoms with Crippen LogP contribution in [-0.4, -0.2) is 49.5 Å². The summed E-state index contributed by atoms with van der Waals surface area (Å²) in [7, 11) is -3.28. The van der Waals surface area contributed by atoms with Gasteiger partial charge in [0.1, 0.15) is 6.54 Å². The van der Waals surface area contributed by atoms with Gasteiger partial charge in [0, 0.05) is 6.04 Å². The van der Waals surface area contributed by atoms with Crippen LogP contribution >= 0.6 is 0 Å². The summed E-state index contributed by atoms with van der Waals surface area (Å²) in [5, 5.41) is 0. The van der Waals surface area contributed by atoms with Gasteiger partial charge in [-0.3, -0.25) is 4.79 Å². The van der Waals surface area contributed by atoms with Crippen LogP contribution in [0.5, 0.6) is 0 Å². The van der Waals surface area contributed by atoms with Crippen molar-refractivity contribution in [3.63, 3.8) is 0 Å². The van der Waals surface area contributed by atoms with E-state index >= 15 is 0 Å². The molecule has 116 valence electrons. The zero-order valence-electron chi connectivity index (χ0n) is 11.2. The predicted molar refractivity (Wildman–Crippen MR) is 66.7 cm³/mol. The van der Waals surface area contributed by atoms with E-state index in [-0.39, 0.29) is 23.8 Å². The van der Waals surface area contributed by atoms with Crippen LogP contribution in [0.25, 0.3) is 0 Å². The van der Waals surface area contributed by atoms with Crippen molar-refractivity contribution in [2.45, 2.75) is 38.4 Å². The Morgan fingerprint density at radius 3 is 2.30 bits per heavy atom. The summed E-state index contributed by atoms with van der Waals surface area (Å²) in [6.07, 6.45) is -2.68. The number of sulfone groups is 1. The Hall–Kier alpha value is -0.790. The highest BCUT2D eigenvalue weighted by atomic mass is 32.2. The smallest absolute Gasteiger partial charge is 0.330 e. The zero-order chi connectivity index (χ0) is 15.1. The molecule has 1 amide bonds. The van der Waals surface area contributed by atoms with Crippen LogP contribution in [0.2, 0.25) is 0 Å². The molecular formula is C12H18F3NO3S. The maximum absolute atomic E-state index is 12.6. The van der Waals surface area contributed by atoms with Crippen molar-refractivity contribution in [1.82, 2.24) is 4.90 Å². The summed E-state index contributed by atoms with van der Waals surface area (Å²) in [5.41, 5.74) is 0. The summed E-state index contributed by atoms with van der Waals surface area (Å²) in [6.45, 7) is 0.324. The van der Waals surface area contributed by atoms with E-state index in [9.17, 15) is 26.4 Å². The lowest BCUT2D eigenvalue weighted by Crippen LogP contribution is -2.48. The molecule has 2 rings (SSSR count). The van der Waals surface area contributed by atoms with Crippen molar-refractivity contribution in [1.29, 1.82) is 0 Å². The molecule has 2 fully saturated rings. The van der Waals surface area contributed by atoms with E-state index in [4.69, 9.17) is 0 Å². The van der Waals surface area contributed by atoms with Crippen molar-refractivity contribution < 1.29 is 26.4 Å². The molecule has 0 spiro atoms. The first-order chi connectivity index (χ1) is 9.09. The lowest BCUT2D eigenvalue weighted by atomic mass is 10.0. The van der Waals surface area contributed by atoms with E-state index in [1.165, 1.54) is 0 Å². The van der Waals surface area contributed by atoms with Gasteiger partial charge in [-0.15, -0.1) is 0 Å². The predicted octanol–water partition coefficient (Wildman–Crippen LogP) is 1.61. The second kappa shape index (κ2) is 5.20. The molecular weight excluding hydrogens is 295 g/mol. The van der Waals surface area contributed by atoms with Gasteiger partial charge in [-0.1, -0.05) is 0 Å². The van der Waals surface area contributed by atoms with Gasteiger partial charge in [-0.2, -0.15) is 13.2 Å². The highest BCUT2D eigenvalue weighted by molar-refractivity contribution is 7.91. The first kappa shape index (κ1) is 15.6. The average molecular weight is 313 g/mol. The molecule has 2 unspecified atom stereocenters. The van der Waals surface area contributed by atoms with E-state index in [0.717, 1.165) is 17.7 Å². The third kappa shape index (κ3) is 3.86. The van der Waals surface area contributed by atoms with Gasteiger partial charge >= 0.3 is 6.18 Å². The number of hydrogen-bond donors (Lipinski definition) is 0. The van der Waals surface area contributed by atoms with Gasteiger partial charge in [0.15, 0.2) is 9.84 Å². The van der Waals surface area contributed by atoms with Crippen LogP contribution in [0.1, 0.15) is 26.2 Å². The maximum Gasteiger partial charge on any atom is 0.406 e. The van der Waals surface area contributed by atoms with Crippen molar-refractivity contribution in [2.75, 3.05) is 18.1 Å². The highest BCUT2D eigenvalue weighted by Crippen LogP contribution is 2.37. The fourth-order valence-electron chi connectivity index (χ4n) is 2.67. The van der Waals surface area contributed by atoms with Crippen molar-refractivity contribution >= 4 is 15.7 Å². The molecule has 0 radical (unpaired) electrons. The van der Waals surface area contributed by atoms with Crippen LogP contribution in [0, 0.1) is 11.8 Å². The fraction of sp³-hybridized carbons (Fsp3) is 0.917. The third-order valence-electron chi connectivity index (χ3n) is 4.01. The number of carbonyl (C=O) groups is 1. The molecule has 1 saturated carbocycles. The lowest BCUT2D eigenvalue weighted by Gasteiger charge is -2.32. The van der Waals surface area contributed by atoms with Crippen LogP contribution in [-0.2, 0) is 14.6 Å². The molecule has 8 heteroatoms. The first-order valence-corrected chi connectivity index (χ1v) is 8.49. The number of carbonyl (C=O) groups excluding carboxylic acids is 1. The Morgan fingerprint density at radius 2 is 1.90 bits per heavy atom. The largest absolute Gasteiger partial charge is 0.406 e. The molecule has 1 aliphatic heterocycles. The maximum atomic E-state index is 12.6. The van der Waals surface area contributed by atoms with Gasteiger partial charge in [-0.25, -0.2) is 8.42 Å². The van der Waals surface area contributed by atoms with Crippen molar-refractivity contribution in [2.24, 2.45) is 11.8 Å². The first-order valence-electron chi connectivity index (χ1n) is 6.67. The van der Waals surface area contributed by atoms with Crippen molar-refractivity contribution in [3.05, 3.63) is 0 Å². The minimum Gasteiger partial charge on any atom is -0.330 e. The summed E-state index contributed by atoms with van der Waals surface area (Å²) >= 11 is 0. The Bertz CT molecular complexity index is 485. The average Bonchev–Trinajstić information content (AvgIpc) is 3.08. The molecule has 0 aromatic carbocycles. The van der Waals surface area contributed by atoms with E-state index in [0.29, 0.717) is 0 Å². The van der Waals surface area contributed by atoms with E-state index < -0.39 is 40.4 Å². The summed E-state index contributed by atoms with van der Waals surface area (Å²) < 4.78 is 60.7. The van der Waals surface area contributed by atoms with Gasteiger partial charge in [0.05, 0.1) is 17.4 Å². The minimum atomic E-state index is -4.46. The number of hydrogen-bond acceptors (Lipinski definition) is 3. The van der Waals surface area contributed by atoms with E-state index in [2.05, 4.69) is 0 Å². The number of nitrogens with zero attached hydrogens (tertiary/aromatic N) is 1. The molecule has 2 atom stereocenters. The summed E-state index contributed by atoms with van der Waals surface area (Å²) in [5.74, 6) is -1.80. The van der Waals surface area contributed by atoms with Crippen molar-refractivity contribution in [3.8, 4) is 0 Å². The van der Waals surface area contributed by atoms with Crippen LogP contribution < -0.4 is 0 Å². The van der Waals surface area contributed by atoms with Crippen LogP contribution in [0.15, 0.2) is 0 Å². The molecule has 0 N–H and O–H groups in total. The van der Waals surface area contributed by atoms with Gasteiger partial charge in [0.2, 0.25) is 5.91 Å². The molecule has 20 heavy (non-hydrogen) atoms. The number of halogens is 3. The molecule has 2 aliphatic rings. The third-order valence-corrected chi connectivity index (χ3v) is 5.78. The molecule has 1 aliphatic carbocycles. The minimum absolute atomic E-state index is 0.110. The Kier molecular flexibility index (Phi) is 4.05. The normalized spacial score (nSPS) is 27.3. The zero-order valence-corrected chi connectivity index (χ0v) is 12.0. The second-order valence-electron chi connectivity index (χ2n) is 5.76. The summed E-state index contributed by atoms with van der Waals surface area (Å²) in [6, 6.07) is -0.479. The molecule has 0 bridgehead atoms. The molecule has 0 aromatic heterocycles. The van der Waals surface area contributed by atoms with E-state index in [1.807, 2.05) is 0 Å². The van der Waals surface area contributed by atoms with Gasteiger partial charge < -0.3 is 4.90 Å². The van der Waals surface area contributed by atoms with Gasteiger partial charge in [-0.05, 0) is 32.1 Å². The van der Waals surface area contributed by atoms with Gasteiger partial charge in [0.25, 0.3) is 0 Å². The molecule has 4 nitrogen and oxygen atoms in total. The SMILES string of the molecule is CC(C1CC1)N(CC(F)(F)F)C(=O)C1CCS(=O)(=O)C1. The Balaban J connectivity index is 2.11. The number of rotatable bonds is 4. The monoisotopic (exact) mass is 313 g/mol. The summed E-state index contributed by atoms with van der Waals surface area (Å²) in [4.78, 5) is 13.1. The fourth-order valence-corrected chi connectivity index (χ4v) is 4.41. The second-order valence-corrected chi connectivity index (χ2v) is 7.99. The van der Waals surface area contributed by atoms with E-state index in [1.54, 1.807) is 6.92 Å². The van der Waals surface area contributed by atoms with Crippen LogP contribution in [0.4, 0.5) is 13.2 Å². The lowest BCUT2D eigenvalue weighted by molar-refractivity contribution is -0.168. The number of alkyl halides is 3. The van der Waals surface area contributed by atoms with Crippen LogP contribution in [0.3, 0.4) is 0 Å². The number of amides is 1. The molecule has 0 aromatic rings. The highest BCUT2D eigenvalue weighted by Gasteiger charge is 2.44.